The van der Waals surface area contributed by atoms with Gasteiger partial charge in [-0.1, -0.05) is 0 Å². The summed E-state index contributed by atoms with van der Waals surface area (Å²) in [5, 5.41) is 0. The molecule has 0 amide bonds. The van der Waals surface area contributed by atoms with Gasteiger partial charge in [-0.3, -0.25) is 4.79 Å². The Balaban J connectivity index is 3.28. The zero-order chi connectivity index (χ0) is 12.8. The van der Waals surface area contributed by atoms with Gasteiger partial charge < -0.3 is 19.9 Å². The number of ether oxygens (including phenoxy) is 3. The topological polar surface area (TPSA) is 70.8 Å². The first-order valence-electron chi connectivity index (χ1n) is 5.15. The van der Waals surface area contributed by atoms with Crippen molar-refractivity contribution < 1.29 is 19.0 Å². The Hall–Kier alpha value is -1.59. The molecule has 0 aromatic heterocycles. The van der Waals surface area contributed by atoms with E-state index in [4.69, 9.17) is 19.9 Å². The van der Waals surface area contributed by atoms with E-state index in [-0.39, 0.29) is 12.3 Å². The van der Waals surface area contributed by atoms with Gasteiger partial charge in [-0.15, -0.1) is 0 Å². The maximum Gasteiger partial charge on any atom is 0.176 e. The van der Waals surface area contributed by atoms with E-state index in [0.29, 0.717) is 23.7 Å². The normalized spacial score (nSPS) is 10.1. The number of benzene rings is 1. The summed E-state index contributed by atoms with van der Waals surface area (Å²) in [5.74, 6) is 0.955. The molecule has 94 valence electrons. The van der Waals surface area contributed by atoms with Crippen molar-refractivity contribution in [1.29, 1.82) is 0 Å². The van der Waals surface area contributed by atoms with Gasteiger partial charge in [-0.25, -0.2) is 0 Å². The average Bonchev–Trinajstić information content (AvgIpc) is 2.38. The molecule has 0 atom stereocenters. The number of hydrogen-bond acceptors (Lipinski definition) is 5. The van der Waals surface area contributed by atoms with Crippen LogP contribution in [0.5, 0.6) is 11.5 Å². The van der Waals surface area contributed by atoms with E-state index < -0.39 is 0 Å². The van der Waals surface area contributed by atoms with Gasteiger partial charge in [0.05, 0.1) is 32.9 Å². The van der Waals surface area contributed by atoms with E-state index >= 15 is 0 Å². The number of ketones is 1. The molecule has 0 saturated carbocycles. The SMILES string of the molecule is COCc1c(OC)cc(C(=O)CN)cc1OC. The summed E-state index contributed by atoms with van der Waals surface area (Å²) in [6, 6.07) is 3.29. The molecule has 0 bridgehead atoms. The van der Waals surface area contributed by atoms with Crippen LogP contribution >= 0.6 is 0 Å². The molecule has 2 N–H and O–H groups in total. The Morgan fingerprint density at radius 1 is 1.18 bits per heavy atom. The molecule has 0 fully saturated rings. The first-order valence-corrected chi connectivity index (χ1v) is 5.15. The van der Waals surface area contributed by atoms with Gasteiger partial charge in [0.25, 0.3) is 0 Å². The fourth-order valence-corrected chi connectivity index (χ4v) is 1.55. The van der Waals surface area contributed by atoms with Crippen molar-refractivity contribution in [2.45, 2.75) is 6.61 Å². The second-order valence-corrected chi connectivity index (χ2v) is 3.42. The van der Waals surface area contributed by atoms with Crippen molar-refractivity contribution in [3.63, 3.8) is 0 Å². The predicted molar refractivity (Wildman–Crippen MR) is 63.6 cm³/mol. The molecular formula is C12H17NO4. The molecule has 0 aliphatic heterocycles. The van der Waals surface area contributed by atoms with Crippen molar-refractivity contribution in [2.24, 2.45) is 5.73 Å². The van der Waals surface area contributed by atoms with Crippen LogP contribution in [-0.2, 0) is 11.3 Å². The smallest absolute Gasteiger partial charge is 0.176 e. The maximum atomic E-state index is 11.6. The highest BCUT2D eigenvalue weighted by Crippen LogP contribution is 2.31. The van der Waals surface area contributed by atoms with Crippen molar-refractivity contribution >= 4 is 5.78 Å². The lowest BCUT2D eigenvalue weighted by molar-refractivity contribution is 0.100. The molecule has 0 aliphatic rings. The molecule has 0 heterocycles. The maximum absolute atomic E-state index is 11.6. The average molecular weight is 239 g/mol. The predicted octanol–water partition coefficient (Wildman–Crippen LogP) is 0.992. The molecule has 0 spiro atoms. The molecule has 0 saturated heterocycles. The number of carbonyl (C=O) groups is 1. The van der Waals surface area contributed by atoms with Gasteiger partial charge >= 0.3 is 0 Å². The Labute approximate surface area is 100 Å². The third kappa shape index (κ3) is 2.95. The largest absolute Gasteiger partial charge is 0.496 e. The van der Waals surface area contributed by atoms with Crippen LogP contribution in [0.15, 0.2) is 12.1 Å². The minimum Gasteiger partial charge on any atom is -0.496 e. The highest BCUT2D eigenvalue weighted by Gasteiger charge is 2.15. The molecule has 1 aromatic rings. The molecule has 0 radical (unpaired) electrons. The van der Waals surface area contributed by atoms with Crippen LogP contribution in [0.25, 0.3) is 0 Å². The van der Waals surface area contributed by atoms with Crippen molar-refractivity contribution in [3.8, 4) is 11.5 Å². The summed E-state index contributed by atoms with van der Waals surface area (Å²) in [4.78, 5) is 11.6. The number of hydrogen-bond donors (Lipinski definition) is 1. The minimum absolute atomic E-state index is 0.0457. The number of Topliss-reactive ketones (excluding diaryl/α,β-unsaturated/α-hetero) is 1. The summed E-state index contributed by atoms with van der Waals surface area (Å²) >= 11 is 0. The molecule has 17 heavy (non-hydrogen) atoms. The zero-order valence-electron chi connectivity index (χ0n) is 10.3. The fourth-order valence-electron chi connectivity index (χ4n) is 1.55. The molecule has 0 aliphatic carbocycles. The molecule has 1 rings (SSSR count). The van der Waals surface area contributed by atoms with Gasteiger partial charge in [0.2, 0.25) is 0 Å². The summed E-state index contributed by atoms with van der Waals surface area (Å²) < 4.78 is 15.5. The van der Waals surface area contributed by atoms with E-state index in [9.17, 15) is 4.79 Å². The molecule has 1 aromatic carbocycles. The van der Waals surface area contributed by atoms with E-state index in [1.165, 1.54) is 14.2 Å². The standard InChI is InChI=1S/C12H17NO4/c1-15-7-9-11(16-2)4-8(10(14)6-13)5-12(9)17-3/h4-5H,6-7,13H2,1-3H3. The van der Waals surface area contributed by atoms with Crippen molar-refractivity contribution in [3.05, 3.63) is 23.3 Å². The second kappa shape index (κ2) is 6.22. The Bertz CT molecular complexity index is 378. The van der Waals surface area contributed by atoms with E-state index in [1.807, 2.05) is 0 Å². The fraction of sp³-hybridized carbons (Fsp3) is 0.417. The monoisotopic (exact) mass is 239 g/mol. The highest BCUT2D eigenvalue weighted by atomic mass is 16.5. The van der Waals surface area contributed by atoms with Gasteiger partial charge in [0.15, 0.2) is 5.78 Å². The third-order valence-electron chi connectivity index (χ3n) is 2.40. The Kier molecular flexibility index (Phi) is 4.93. The lowest BCUT2D eigenvalue weighted by Crippen LogP contribution is -2.14. The highest BCUT2D eigenvalue weighted by molar-refractivity contribution is 5.98. The lowest BCUT2D eigenvalue weighted by atomic mass is 10.1. The Morgan fingerprint density at radius 3 is 2.06 bits per heavy atom. The Morgan fingerprint density at radius 2 is 1.71 bits per heavy atom. The first kappa shape index (κ1) is 13.5. The molecule has 5 nitrogen and oxygen atoms in total. The zero-order valence-corrected chi connectivity index (χ0v) is 10.3. The van der Waals surface area contributed by atoms with Gasteiger partial charge in [-0.05, 0) is 12.1 Å². The van der Waals surface area contributed by atoms with Crippen LogP contribution < -0.4 is 15.2 Å². The number of rotatable bonds is 6. The quantitative estimate of drug-likeness (QED) is 0.750. The van der Waals surface area contributed by atoms with Crippen LogP contribution in [0.3, 0.4) is 0 Å². The van der Waals surface area contributed by atoms with Crippen molar-refractivity contribution in [1.82, 2.24) is 0 Å². The number of carbonyl (C=O) groups excluding carboxylic acids is 1. The first-order chi connectivity index (χ1) is 8.17. The van der Waals surface area contributed by atoms with Crippen LogP contribution in [0.2, 0.25) is 0 Å². The van der Waals surface area contributed by atoms with Crippen LogP contribution in [0.4, 0.5) is 0 Å². The van der Waals surface area contributed by atoms with Crippen LogP contribution in [-0.4, -0.2) is 33.7 Å². The van der Waals surface area contributed by atoms with Gasteiger partial charge in [0, 0.05) is 12.7 Å². The summed E-state index contributed by atoms with van der Waals surface area (Å²) in [6.07, 6.45) is 0. The van der Waals surface area contributed by atoms with E-state index in [1.54, 1.807) is 19.2 Å². The van der Waals surface area contributed by atoms with Crippen LogP contribution in [0.1, 0.15) is 15.9 Å². The second-order valence-electron chi connectivity index (χ2n) is 3.42. The lowest BCUT2D eigenvalue weighted by Gasteiger charge is -2.14. The summed E-state index contributed by atoms with van der Waals surface area (Å²) in [7, 11) is 4.65. The van der Waals surface area contributed by atoms with Crippen LogP contribution in [0, 0.1) is 0 Å². The number of methoxy groups -OCH3 is 3. The summed E-state index contributed by atoms with van der Waals surface area (Å²) in [6.45, 7) is 0.305. The van der Waals surface area contributed by atoms with Gasteiger partial charge in [-0.2, -0.15) is 0 Å². The van der Waals surface area contributed by atoms with Crippen molar-refractivity contribution in [2.75, 3.05) is 27.9 Å². The molecular weight excluding hydrogens is 222 g/mol. The molecule has 0 unspecified atom stereocenters. The molecule has 5 heteroatoms. The third-order valence-corrected chi connectivity index (χ3v) is 2.40. The number of nitrogens with two attached hydrogens (primary N) is 1. The summed E-state index contributed by atoms with van der Waals surface area (Å²) in [5.41, 5.74) is 6.57. The van der Waals surface area contributed by atoms with Gasteiger partial charge in [0.1, 0.15) is 11.5 Å². The van der Waals surface area contributed by atoms with E-state index in [0.717, 1.165) is 5.56 Å². The van der Waals surface area contributed by atoms with E-state index in [2.05, 4.69) is 0 Å². The minimum atomic E-state index is -0.162.